The zero-order valence-corrected chi connectivity index (χ0v) is 13.4. The molecule has 0 aromatic heterocycles. The smallest absolute Gasteiger partial charge is 0.298 e. The highest BCUT2D eigenvalue weighted by atomic mass is 16.9. The highest BCUT2D eigenvalue weighted by molar-refractivity contribution is 5.55. The molecule has 0 saturated heterocycles. The topological polar surface area (TPSA) is 186 Å². The van der Waals surface area contributed by atoms with Crippen LogP contribution in [0.25, 0.3) is 0 Å². The molecule has 0 bridgehead atoms. The second kappa shape index (κ2) is 10.4. The van der Waals surface area contributed by atoms with Crippen LogP contribution in [-0.4, -0.2) is 83.3 Å². The van der Waals surface area contributed by atoms with Crippen molar-refractivity contribution < 1.29 is 58.6 Å². The molecule has 0 aromatic rings. The molecule has 0 aliphatic rings. The zero-order valence-electron chi connectivity index (χ0n) is 13.4. The molecule has 0 aromatic carbocycles. The van der Waals surface area contributed by atoms with Gasteiger partial charge in [-0.2, -0.15) is 0 Å². The number of carbonyl (C=O) groups is 4. The van der Waals surface area contributed by atoms with Crippen LogP contribution in [-0.2, 0) is 38.1 Å². The summed E-state index contributed by atoms with van der Waals surface area (Å²) in [6, 6.07) is 0. The van der Waals surface area contributed by atoms with Gasteiger partial charge in [-0.25, -0.2) is 0 Å². The maximum atomic E-state index is 10.7. The summed E-state index contributed by atoms with van der Waals surface area (Å²) in [4.78, 5) is 42.4. The van der Waals surface area contributed by atoms with Gasteiger partial charge < -0.3 is 25.2 Å². The molecule has 0 aliphatic heterocycles. The van der Waals surface area contributed by atoms with E-state index in [0.717, 1.165) is 0 Å². The Labute approximate surface area is 141 Å². The van der Waals surface area contributed by atoms with Gasteiger partial charge in [0.1, 0.15) is 0 Å². The summed E-state index contributed by atoms with van der Waals surface area (Å²) in [5, 5.41) is 37.4. The second-order valence-corrected chi connectivity index (χ2v) is 5.21. The van der Waals surface area contributed by atoms with Crippen molar-refractivity contribution in [3.63, 3.8) is 0 Å². The largest absolute Gasteiger partial charge is 0.362 e. The van der Waals surface area contributed by atoms with Crippen molar-refractivity contribution in [2.75, 3.05) is 6.61 Å². The highest BCUT2D eigenvalue weighted by Gasteiger charge is 2.54. The summed E-state index contributed by atoms with van der Waals surface area (Å²) in [5.74, 6) is -2.80. The molecule has 0 amide bonds. The fourth-order valence-electron chi connectivity index (χ4n) is 1.54. The van der Waals surface area contributed by atoms with E-state index in [2.05, 4.69) is 0 Å². The molecule has 12 heteroatoms. The maximum absolute atomic E-state index is 10.7. The van der Waals surface area contributed by atoms with E-state index in [-0.39, 0.29) is 25.1 Å². The lowest BCUT2D eigenvalue weighted by molar-refractivity contribution is -0.485. The lowest BCUT2D eigenvalue weighted by Gasteiger charge is -2.45. The van der Waals surface area contributed by atoms with Crippen LogP contribution >= 0.6 is 0 Å². The summed E-state index contributed by atoms with van der Waals surface area (Å²) in [6.07, 6.45) is -8.91. The average Bonchev–Trinajstić information content (AvgIpc) is 2.58. The number of carbonyl (C=O) groups excluding carboxylic acids is 4. The molecule has 0 fully saturated rings. The lowest BCUT2D eigenvalue weighted by atomic mass is 9.90. The van der Waals surface area contributed by atoms with Crippen LogP contribution < -0.4 is 0 Å². The molecular formula is C13H20O12. The van der Waals surface area contributed by atoms with E-state index >= 15 is 0 Å². The van der Waals surface area contributed by atoms with E-state index in [1.54, 1.807) is 0 Å². The highest BCUT2D eigenvalue weighted by Crippen LogP contribution is 2.39. The van der Waals surface area contributed by atoms with Gasteiger partial charge >= 0.3 is 0 Å². The van der Waals surface area contributed by atoms with Crippen LogP contribution in [0.1, 0.15) is 13.8 Å². The molecule has 4 unspecified atom stereocenters. The molecule has 0 spiro atoms. The van der Waals surface area contributed by atoms with E-state index in [0.29, 0.717) is 0 Å². The van der Waals surface area contributed by atoms with Crippen LogP contribution in [0.4, 0.5) is 0 Å². The van der Waals surface area contributed by atoms with Crippen molar-refractivity contribution in [3.8, 4) is 0 Å². The number of ether oxygens (including phenoxy) is 4. The summed E-state index contributed by atoms with van der Waals surface area (Å²) in [7, 11) is 0. The van der Waals surface area contributed by atoms with Gasteiger partial charge in [-0.05, 0) is 13.8 Å². The van der Waals surface area contributed by atoms with Gasteiger partial charge in [-0.3, -0.25) is 33.4 Å². The predicted octanol–water partition coefficient (Wildman–Crippen LogP) is -3.20. The van der Waals surface area contributed by atoms with Gasteiger partial charge in [0, 0.05) is 0 Å². The van der Waals surface area contributed by atoms with Gasteiger partial charge in [0.15, 0.2) is 25.1 Å². The molecular weight excluding hydrogens is 348 g/mol. The van der Waals surface area contributed by atoms with Crippen molar-refractivity contribution in [1.29, 1.82) is 0 Å². The Morgan fingerprint density at radius 2 is 1.04 bits per heavy atom. The predicted molar refractivity (Wildman–Crippen MR) is 74.0 cm³/mol. The second-order valence-electron chi connectivity index (χ2n) is 5.21. The van der Waals surface area contributed by atoms with Gasteiger partial charge in [0.25, 0.3) is 5.97 Å². The molecule has 4 atom stereocenters. The zero-order chi connectivity index (χ0) is 19.7. The van der Waals surface area contributed by atoms with E-state index in [4.69, 9.17) is 24.1 Å². The number of aliphatic hydroxyl groups excluding tert-OH is 4. The van der Waals surface area contributed by atoms with Crippen molar-refractivity contribution in [1.82, 2.24) is 0 Å². The average molecular weight is 368 g/mol. The Kier molecular flexibility index (Phi) is 9.69. The van der Waals surface area contributed by atoms with Crippen LogP contribution in [0, 0.1) is 5.41 Å². The summed E-state index contributed by atoms with van der Waals surface area (Å²) >= 11 is 0. The fourth-order valence-corrected chi connectivity index (χ4v) is 1.54. The van der Waals surface area contributed by atoms with E-state index < -0.39 is 43.2 Å². The Morgan fingerprint density at radius 3 is 1.32 bits per heavy atom. The number of aldehydes is 4. The quantitative estimate of drug-likeness (QED) is 0.178. The van der Waals surface area contributed by atoms with Crippen molar-refractivity contribution in [2.24, 2.45) is 5.41 Å². The third-order valence-electron chi connectivity index (χ3n) is 2.74. The van der Waals surface area contributed by atoms with Gasteiger partial charge in [-0.1, -0.05) is 0 Å². The number of aliphatic hydroxyl groups is 4. The Hall–Kier alpha value is -1.64. The standard InChI is InChI=1S/C13H20O12/c1-12(2,7-22-8(18)3-14)13(23-9(19)4-15,24-10(20)5-16)25-11(21)6-17/h3-6,8-11,18-21H,7H2,1-2H3. The van der Waals surface area contributed by atoms with Crippen LogP contribution in [0.2, 0.25) is 0 Å². The van der Waals surface area contributed by atoms with Gasteiger partial charge in [-0.15, -0.1) is 0 Å². The molecule has 12 nitrogen and oxygen atoms in total. The van der Waals surface area contributed by atoms with Crippen LogP contribution in [0.15, 0.2) is 0 Å². The molecule has 0 radical (unpaired) electrons. The SMILES string of the molecule is CC(C)(COC(O)C=O)C(OC(O)C=O)(OC(O)C=O)OC(O)C=O. The molecule has 4 N–H and O–H groups in total. The van der Waals surface area contributed by atoms with Crippen molar-refractivity contribution >= 4 is 25.1 Å². The summed E-state index contributed by atoms with van der Waals surface area (Å²) in [5.41, 5.74) is -1.73. The van der Waals surface area contributed by atoms with E-state index in [9.17, 15) is 34.5 Å². The minimum atomic E-state index is -2.80. The number of rotatable bonds is 14. The molecule has 144 valence electrons. The summed E-state index contributed by atoms with van der Waals surface area (Å²) < 4.78 is 19.2. The Bertz CT molecular complexity index is 409. The lowest BCUT2D eigenvalue weighted by Crippen LogP contribution is -2.59. The molecule has 0 aliphatic carbocycles. The van der Waals surface area contributed by atoms with Gasteiger partial charge in [0.2, 0.25) is 25.2 Å². The number of hydrogen-bond donors (Lipinski definition) is 4. The normalized spacial score (nSPS) is 19.1. The monoisotopic (exact) mass is 368 g/mol. The van der Waals surface area contributed by atoms with Crippen molar-refractivity contribution in [2.45, 2.75) is 45.0 Å². The number of hydrogen-bond acceptors (Lipinski definition) is 12. The first kappa shape index (κ1) is 23.4. The first-order valence-electron chi connectivity index (χ1n) is 6.76. The molecule has 25 heavy (non-hydrogen) atoms. The Morgan fingerprint density at radius 1 is 0.720 bits per heavy atom. The van der Waals surface area contributed by atoms with Crippen LogP contribution in [0.5, 0.6) is 0 Å². The fraction of sp³-hybridized carbons (Fsp3) is 0.692. The van der Waals surface area contributed by atoms with E-state index in [1.165, 1.54) is 13.8 Å². The molecule has 0 heterocycles. The van der Waals surface area contributed by atoms with E-state index in [1.807, 2.05) is 0 Å². The van der Waals surface area contributed by atoms with Crippen molar-refractivity contribution in [3.05, 3.63) is 0 Å². The minimum absolute atomic E-state index is 0.0289. The summed E-state index contributed by atoms with van der Waals surface area (Å²) in [6.45, 7) is 1.77. The third-order valence-corrected chi connectivity index (χ3v) is 2.74. The first-order valence-corrected chi connectivity index (χ1v) is 6.76. The van der Waals surface area contributed by atoms with Crippen LogP contribution in [0.3, 0.4) is 0 Å². The minimum Gasteiger partial charge on any atom is -0.362 e. The molecule has 0 saturated carbocycles. The maximum Gasteiger partial charge on any atom is 0.298 e. The first-order chi connectivity index (χ1) is 11.6. The Balaban J connectivity index is 5.87. The molecule has 0 rings (SSSR count). The third kappa shape index (κ3) is 7.01. The van der Waals surface area contributed by atoms with Gasteiger partial charge in [0.05, 0.1) is 12.0 Å².